The highest BCUT2D eigenvalue weighted by Gasteiger charge is 2.26. The second-order valence-electron chi connectivity index (χ2n) is 5.86. The van der Waals surface area contributed by atoms with E-state index in [0.29, 0.717) is 19.5 Å². The fourth-order valence-electron chi connectivity index (χ4n) is 2.15. The van der Waals surface area contributed by atoms with Gasteiger partial charge in [-0.15, -0.1) is 0 Å². The van der Waals surface area contributed by atoms with Crippen molar-refractivity contribution >= 4 is 6.09 Å². The van der Waals surface area contributed by atoms with Crippen molar-refractivity contribution in [2.75, 3.05) is 6.54 Å². The number of halogens is 1. The van der Waals surface area contributed by atoms with E-state index in [2.05, 4.69) is 0 Å². The van der Waals surface area contributed by atoms with Gasteiger partial charge in [0.25, 0.3) is 0 Å². The zero-order valence-corrected chi connectivity index (χ0v) is 11.9. The molecule has 20 heavy (non-hydrogen) atoms. The van der Waals surface area contributed by atoms with E-state index in [1.54, 1.807) is 11.0 Å². The largest absolute Gasteiger partial charge is 0.444 e. The van der Waals surface area contributed by atoms with Gasteiger partial charge in [0.2, 0.25) is 0 Å². The molecule has 2 rings (SSSR count). The minimum absolute atomic E-state index is 0.0504. The molecular formula is C15H17FN2O2. The Bertz CT molecular complexity index is 585. The lowest BCUT2D eigenvalue weighted by Crippen LogP contribution is -2.40. The number of rotatable bonds is 0. The number of hydrogen-bond donors (Lipinski definition) is 0. The molecule has 0 atom stereocenters. The fraction of sp³-hybridized carbons (Fsp3) is 0.467. The van der Waals surface area contributed by atoms with Crippen LogP contribution in [0.15, 0.2) is 12.1 Å². The third kappa shape index (κ3) is 3.08. The van der Waals surface area contributed by atoms with E-state index in [4.69, 9.17) is 10.00 Å². The van der Waals surface area contributed by atoms with E-state index in [0.717, 1.165) is 11.1 Å². The van der Waals surface area contributed by atoms with Crippen LogP contribution in [-0.4, -0.2) is 23.1 Å². The molecule has 0 saturated heterocycles. The maximum Gasteiger partial charge on any atom is 0.410 e. The highest BCUT2D eigenvalue weighted by atomic mass is 19.1. The van der Waals surface area contributed by atoms with Crippen molar-refractivity contribution in [2.45, 2.75) is 39.3 Å². The van der Waals surface area contributed by atoms with E-state index in [1.165, 1.54) is 6.07 Å². The molecule has 0 unspecified atom stereocenters. The number of carbonyl (C=O) groups excluding carboxylic acids is 1. The van der Waals surface area contributed by atoms with Crippen molar-refractivity contribution in [1.29, 1.82) is 5.26 Å². The third-order valence-electron chi connectivity index (χ3n) is 3.07. The Morgan fingerprint density at radius 3 is 2.70 bits per heavy atom. The second kappa shape index (κ2) is 5.12. The molecule has 1 aliphatic heterocycles. The molecule has 0 radical (unpaired) electrons. The lowest BCUT2D eigenvalue weighted by Gasteiger charge is -2.31. The van der Waals surface area contributed by atoms with E-state index in [1.807, 2.05) is 26.8 Å². The van der Waals surface area contributed by atoms with Gasteiger partial charge in [-0.25, -0.2) is 9.18 Å². The number of hydrogen-bond acceptors (Lipinski definition) is 3. The molecule has 106 valence electrons. The first kappa shape index (κ1) is 14.3. The van der Waals surface area contributed by atoms with Gasteiger partial charge in [0.05, 0.1) is 5.56 Å². The quantitative estimate of drug-likeness (QED) is 0.732. The van der Waals surface area contributed by atoms with Crippen LogP contribution in [0, 0.1) is 17.1 Å². The molecule has 1 heterocycles. The summed E-state index contributed by atoms with van der Waals surface area (Å²) in [6.07, 6.45) is 0.205. The van der Waals surface area contributed by atoms with Crippen LogP contribution < -0.4 is 0 Å². The summed E-state index contributed by atoms with van der Waals surface area (Å²) in [5.74, 6) is -0.544. The van der Waals surface area contributed by atoms with Crippen LogP contribution in [0.2, 0.25) is 0 Å². The van der Waals surface area contributed by atoms with Gasteiger partial charge >= 0.3 is 6.09 Å². The first-order valence-corrected chi connectivity index (χ1v) is 6.49. The molecule has 1 aliphatic rings. The zero-order valence-electron chi connectivity index (χ0n) is 11.9. The van der Waals surface area contributed by atoms with Crippen molar-refractivity contribution < 1.29 is 13.9 Å². The van der Waals surface area contributed by atoms with Gasteiger partial charge in [-0.3, -0.25) is 0 Å². The summed E-state index contributed by atoms with van der Waals surface area (Å²) in [5.41, 5.74) is 1.16. The predicted octanol–water partition coefficient (Wildman–Crippen LogP) is 2.99. The topological polar surface area (TPSA) is 53.3 Å². The number of amides is 1. The SMILES string of the molecule is CC(C)(C)OC(=O)N1CCc2cc(C#N)c(F)cc2C1. The van der Waals surface area contributed by atoms with Crippen LogP contribution >= 0.6 is 0 Å². The standard InChI is InChI=1S/C15H17FN2O2/c1-15(2,3)20-14(19)18-5-4-10-6-11(8-17)13(16)7-12(10)9-18/h6-7H,4-5,9H2,1-3H3. The van der Waals surface area contributed by atoms with Crippen molar-refractivity contribution in [3.05, 3.63) is 34.6 Å². The molecule has 1 amide bonds. The number of nitriles is 1. The summed E-state index contributed by atoms with van der Waals surface area (Å²) in [4.78, 5) is 13.5. The minimum atomic E-state index is -0.548. The lowest BCUT2D eigenvalue weighted by atomic mass is 9.97. The average molecular weight is 276 g/mol. The van der Waals surface area contributed by atoms with E-state index >= 15 is 0 Å². The summed E-state index contributed by atoms with van der Waals surface area (Å²) < 4.78 is 18.9. The van der Waals surface area contributed by atoms with Gasteiger partial charge < -0.3 is 9.64 Å². The normalized spacial score (nSPS) is 14.4. The van der Waals surface area contributed by atoms with Crippen LogP contribution in [-0.2, 0) is 17.7 Å². The highest BCUT2D eigenvalue weighted by Crippen LogP contribution is 2.23. The molecule has 5 heteroatoms. The Morgan fingerprint density at radius 1 is 1.40 bits per heavy atom. The molecule has 0 saturated carbocycles. The Hall–Kier alpha value is -2.09. The van der Waals surface area contributed by atoms with Crippen molar-refractivity contribution in [1.82, 2.24) is 4.90 Å². The average Bonchev–Trinajstić information content (AvgIpc) is 2.35. The number of nitrogens with zero attached hydrogens (tertiary/aromatic N) is 2. The molecule has 1 aromatic carbocycles. The predicted molar refractivity (Wildman–Crippen MR) is 71.5 cm³/mol. The van der Waals surface area contributed by atoms with Gasteiger partial charge in [0.15, 0.2) is 0 Å². The highest BCUT2D eigenvalue weighted by molar-refractivity contribution is 5.68. The van der Waals surface area contributed by atoms with Crippen LogP contribution in [0.5, 0.6) is 0 Å². The van der Waals surface area contributed by atoms with Crippen molar-refractivity contribution in [3.8, 4) is 6.07 Å². The monoisotopic (exact) mass is 276 g/mol. The number of carbonyl (C=O) groups is 1. The van der Waals surface area contributed by atoms with Crippen LogP contribution in [0.1, 0.15) is 37.5 Å². The van der Waals surface area contributed by atoms with Crippen LogP contribution in [0.25, 0.3) is 0 Å². The molecule has 4 nitrogen and oxygen atoms in total. The van der Waals surface area contributed by atoms with Crippen molar-refractivity contribution in [2.24, 2.45) is 0 Å². The Labute approximate surface area is 117 Å². The zero-order chi connectivity index (χ0) is 14.9. The van der Waals surface area contributed by atoms with Crippen LogP contribution in [0.3, 0.4) is 0 Å². The molecule has 0 bridgehead atoms. The van der Waals surface area contributed by atoms with Gasteiger partial charge in [0, 0.05) is 13.1 Å². The molecule has 0 spiro atoms. The Morgan fingerprint density at radius 2 is 2.10 bits per heavy atom. The molecule has 1 aromatic rings. The van der Waals surface area contributed by atoms with Crippen LogP contribution in [0.4, 0.5) is 9.18 Å². The van der Waals surface area contributed by atoms with E-state index in [9.17, 15) is 9.18 Å². The minimum Gasteiger partial charge on any atom is -0.444 e. The lowest BCUT2D eigenvalue weighted by molar-refractivity contribution is 0.0223. The maximum absolute atomic E-state index is 13.6. The van der Waals surface area contributed by atoms with Gasteiger partial charge in [-0.2, -0.15) is 5.26 Å². The summed E-state index contributed by atoms with van der Waals surface area (Å²) in [6.45, 7) is 6.25. The Kier molecular flexibility index (Phi) is 3.67. The summed E-state index contributed by atoms with van der Waals surface area (Å²) >= 11 is 0. The van der Waals surface area contributed by atoms with Gasteiger partial charge in [-0.1, -0.05) is 0 Å². The number of benzene rings is 1. The first-order chi connectivity index (χ1) is 9.30. The number of ether oxygens (including phenoxy) is 1. The van der Waals surface area contributed by atoms with E-state index < -0.39 is 17.5 Å². The smallest absolute Gasteiger partial charge is 0.410 e. The molecular weight excluding hydrogens is 259 g/mol. The number of fused-ring (bicyclic) bond motifs is 1. The third-order valence-corrected chi connectivity index (χ3v) is 3.07. The van der Waals surface area contributed by atoms with Crippen molar-refractivity contribution in [3.63, 3.8) is 0 Å². The van der Waals surface area contributed by atoms with Gasteiger partial charge in [-0.05, 0) is 50.5 Å². The molecule has 0 aliphatic carbocycles. The van der Waals surface area contributed by atoms with Gasteiger partial charge in [0.1, 0.15) is 17.5 Å². The Balaban J connectivity index is 2.17. The molecule has 0 aromatic heterocycles. The summed E-state index contributed by atoms with van der Waals surface area (Å²) in [5, 5.41) is 8.81. The second-order valence-corrected chi connectivity index (χ2v) is 5.86. The maximum atomic E-state index is 13.6. The first-order valence-electron chi connectivity index (χ1n) is 6.49. The summed E-state index contributed by atoms with van der Waals surface area (Å²) in [7, 11) is 0. The molecule has 0 N–H and O–H groups in total. The fourth-order valence-corrected chi connectivity index (χ4v) is 2.15. The van der Waals surface area contributed by atoms with E-state index in [-0.39, 0.29) is 5.56 Å². The summed E-state index contributed by atoms with van der Waals surface area (Å²) in [6, 6.07) is 4.73. The molecule has 0 fully saturated rings.